The number of hydrogen-bond acceptors (Lipinski definition) is 5. The molecule has 0 amide bonds. The summed E-state index contributed by atoms with van der Waals surface area (Å²) in [6.07, 6.45) is 4.91. The summed E-state index contributed by atoms with van der Waals surface area (Å²) < 4.78 is 1.62. The Balaban J connectivity index is 2.00. The van der Waals surface area contributed by atoms with Crippen LogP contribution in [0.2, 0.25) is 0 Å². The number of nitrogen functional groups attached to an aromatic ring is 1. The van der Waals surface area contributed by atoms with Gasteiger partial charge in [-0.15, -0.1) is 5.10 Å². The minimum absolute atomic E-state index is 0.630. The Labute approximate surface area is 110 Å². The first-order valence-electron chi connectivity index (χ1n) is 5.79. The first-order valence-corrected chi connectivity index (χ1v) is 5.79. The standard InChI is InChI=1S/C13H12N6/c1-9-13(16-7-6-15-9)19-8-17-12(18-19)10-2-4-11(14)5-3-10/h2-8H,14H2,1H3. The molecule has 0 bridgehead atoms. The Morgan fingerprint density at radius 3 is 2.47 bits per heavy atom. The molecular weight excluding hydrogens is 240 g/mol. The predicted octanol–water partition coefficient (Wildman–Crippen LogP) is 1.61. The van der Waals surface area contributed by atoms with Crippen molar-refractivity contribution in [2.24, 2.45) is 0 Å². The van der Waals surface area contributed by atoms with E-state index >= 15 is 0 Å². The number of nitrogens with two attached hydrogens (primary N) is 1. The fourth-order valence-electron chi connectivity index (χ4n) is 1.75. The molecule has 0 unspecified atom stereocenters. The summed E-state index contributed by atoms with van der Waals surface area (Å²) in [5, 5.41) is 4.40. The number of aryl methyl sites for hydroxylation is 1. The lowest BCUT2D eigenvalue weighted by Gasteiger charge is -2.01. The second-order valence-electron chi connectivity index (χ2n) is 4.10. The highest BCUT2D eigenvalue weighted by Crippen LogP contribution is 2.17. The average Bonchev–Trinajstić information content (AvgIpc) is 2.89. The van der Waals surface area contributed by atoms with Crippen LogP contribution in [0.3, 0.4) is 0 Å². The third kappa shape index (κ3) is 2.15. The molecule has 2 aromatic heterocycles. The summed E-state index contributed by atoms with van der Waals surface area (Å²) in [6, 6.07) is 7.42. The molecule has 0 aliphatic carbocycles. The van der Waals surface area contributed by atoms with Crippen molar-refractivity contribution < 1.29 is 0 Å². The van der Waals surface area contributed by atoms with E-state index in [2.05, 4.69) is 20.1 Å². The Bertz CT molecular complexity index is 701. The smallest absolute Gasteiger partial charge is 0.181 e. The van der Waals surface area contributed by atoms with E-state index in [1.807, 2.05) is 31.2 Å². The zero-order chi connectivity index (χ0) is 13.2. The number of anilines is 1. The summed E-state index contributed by atoms with van der Waals surface area (Å²) in [5.74, 6) is 1.31. The van der Waals surface area contributed by atoms with Gasteiger partial charge in [0.25, 0.3) is 0 Å². The molecule has 94 valence electrons. The van der Waals surface area contributed by atoms with Crippen LogP contribution in [0.4, 0.5) is 5.69 Å². The summed E-state index contributed by atoms with van der Waals surface area (Å²) in [6.45, 7) is 1.88. The molecule has 2 heterocycles. The van der Waals surface area contributed by atoms with Gasteiger partial charge in [-0.2, -0.15) is 0 Å². The predicted molar refractivity (Wildman–Crippen MR) is 71.5 cm³/mol. The van der Waals surface area contributed by atoms with Gasteiger partial charge in [0.2, 0.25) is 0 Å². The third-order valence-corrected chi connectivity index (χ3v) is 2.73. The summed E-state index contributed by atoms with van der Waals surface area (Å²) in [5.41, 5.74) is 8.09. The molecule has 0 aliphatic rings. The molecular formula is C13H12N6. The van der Waals surface area contributed by atoms with E-state index in [9.17, 15) is 0 Å². The monoisotopic (exact) mass is 252 g/mol. The number of aromatic nitrogens is 5. The van der Waals surface area contributed by atoms with Crippen LogP contribution in [0.15, 0.2) is 43.0 Å². The number of rotatable bonds is 2. The lowest BCUT2D eigenvalue weighted by molar-refractivity contribution is 0.825. The van der Waals surface area contributed by atoms with Crippen LogP contribution in [0.1, 0.15) is 5.69 Å². The number of nitrogens with zero attached hydrogens (tertiary/aromatic N) is 5. The highest BCUT2D eigenvalue weighted by Gasteiger charge is 2.08. The molecule has 0 fully saturated rings. The van der Waals surface area contributed by atoms with E-state index in [1.165, 1.54) is 0 Å². The molecule has 0 spiro atoms. The lowest BCUT2D eigenvalue weighted by Crippen LogP contribution is -2.02. The maximum atomic E-state index is 5.66. The topological polar surface area (TPSA) is 82.5 Å². The highest BCUT2D eigenvalue weighted by molar-refractivity contribution is 5.58. The van der Waals surface area contributed by atoms with Gasteiger partial charge in [-0.3, -0.25) is 4.98 Å². The fraction of sp³-hybridized carbons (Fsp3) is 0.0769. The molecule has 6 heteroatoms. The van der Waals surface area contributed by atoms with E-state index in [0.29, 0.717) is 17.3 Å². The zero-order valence-corrected chi connectivity index (χ0v) is 10.4. The van der Waals surface area contributed by atoms with Crippen molar-refractivity contribution in [1.82, 2.24) is 24.7 Å². The number of benzene rings is 1. The minimum Gasteiger partial charge on any atom is -0.399 e. The molecule has 3 aromatic rings. The largest absolute Gasteiger partial charge is 0.399 e. The van der Waals surface area contributed by atoms with Gasteiger partial charge in [0, 0.05) is 23.6 Å². The molecule has 0 saturated carbocycles. The molecule has 3 rings (SSSR count). The molecule has 6 nitrogen and oxygen atoms in total. The normalized spacial score (nSPS) is 10.6. The Morgan fingerprint density at radius 1 is 1.00 bits per heavy atom. The van der Waals surface area contributed by atoms with Crippen LogP contribution in [0.25, 0.3) is 17.2 Å². The van der Waals surface area contributed by atoms with Crippen molar-refractivity contribution in [2.45, 2.75) is 6.92 Å². The van der Waals surface area contributed by atoms with Gasteiger partial charge >= 0.3 is 0 Å². The quantitative estimate of drug-likeness (QED) is 0.701. The van der Waals surface area contributed by atoms with Gasteiger partial charge in [-0.25, -0.2) is 14.6 Å². The van der Waals surface area contributed by atoms with Crippen molar-refractivity contribution in [1.29, 1.82) is 0 Å². The van der Waals surface area contributed by atoms with E-state index in [1.54, 1.807) is 23.4 Å². The van der Waals surface area contributed by atoms with E-state index in [0.717, 1.165) is 11.3 Å². The van der Waals surface area contributed by atoms with Gasteiger partial charge in [-0.1, -0.05) is 0 Å². The van der Waals surface area contributed by atoms with Gasteiger partial charge < -0.3 is 5.73 Å². The van der Waals surface area contributed by atoms with Crippen molar-refractivity contribution in [3.8, 4) is 17.2 Å². The summed E-state index contributed by atoms with van der Waals surface area (Å²) >= 11 is 0. The highest BCUT2D eigenvalue weighted by atomic mass is 15.4. The average molecular weight is 252 g/mol. The summed E-state index contributed by atoms with van der Waals surface area (Å²) in [4.78, 5) is 12.7. The molecule has 0 radical (unpaired) electrons. The van der Waals surface area contributed by atoms with Crippen LogP contribution in [0, 0.1) is 6.92 Å². The van der Waals surface area contributed by atoms with Crippen molar-refractivity contribution in [2.75, 3.05) is 5.73 Å². The Morgan fingerprint density at radius 2 is 1.74 bits per heavy atom. The maximum absolute atomic E-state index is 5.66. The third-order valence-electron chi connectivity index (χ3n) is 2.73. The van der Waals surface area contributed by atoms with Gasteiger partial charge in [0.15, 0.2) is 11.6 Å². The van der Waals surface area contributed by atoms with Crippen LogP contribution < -0.4 is 5.73 Å². The Kier molecular flexibility index (Phi) is 2.68. The van der Waals surface area contributed by atoms with Crippen LogP contribution >= 0.6 is 0 Å². The molecule has 0 saturated heterocycles. The fourth-order valence-corrected chi connectivity index (χ4v) is 1.75. The van der Waals surface area contributed by atoms with Gasteiger partial charge in [0.1, 0.15) is 6.33 Å². The molecule has 0 atom stereocenters. The van der Waals surface area contributed by atoms with Gasteiger partial charge in [0.05, 0.1) is 5.69 Å². The van der Waals surface area contributed by atoms with Crippen LogP contribution in [-0.4, -0.2) is 24.7 Å². The second-order valence-corrected chi connectivity index (χ2v) is 4.10. The second kappa shape index (κ2) is 4.49. The molecule has 2 N–H and O–H groups in total. The lowest BCUT2D eigenvalue weighted by atomic mass is 10.2. The molecule has 19 heavy (non-hydrogen) atoms. The number of hydrogen-bond donors (Lipinski definition) is 1. The van der Waals surface area contributed by atoms with Crippen molar-refractivity contribution in [3.63, 3.8) is 0 Å². The van der Waals surface area contributed by atoms with Crippen LogP contribution in [0.5, 0.6) is 0 Å². The van der Waals surface area contributed by atoms with Crippen molar-refractivity contribution in [3.05, 3.63) is 48.7 Å². The SMILES string of the molecule is Cc1nccnc1-n1cnc(-c2ccc(N)cc2)n1. The van der Waals surface area contributed by atoms with E-state index in [-0.39, 0.29) is 0 Å². The zero-order valence-electron chi connectivity index (χ0n) is 10.4. The molecule has 1 aromatic carbocycles. The van der Waals surface area contributed by atoms with E-state index < -0.39 is 0 Å². The molecule has 0 aliphatic heterocycles. The summed E-state index contributed by atoms with van der Waals surface area (Å²) in [7, 11) is 0. The van der Waals surface area contributed by atoms with E-state index in [4.69, 9.17) is 5.73 Å². The minimum atomic E-state index is 0.630. The van der Waals surface area contributed by atoms with Gasteiger partial charge in [-0.05, 0) is 31.2 Å². The first kappa shape index (κ1) is 11.3. The Hall–Kier alpha value is -2.76. The van der Waals surface area contributed by atoms with Crippen LogP contribution in [-0.2, 0) is 0 Å². The first-order chi connectivity index (χ1) is 9.24. The maximum Gasteiger partial charge on any atom is 0.181 e. The van der Waals surface area contributed by atoms with Crippen molar-refractivity contribution >= 4 is 5.69 Å².